The molecule has 1 fully saturated rings. The van der Waals surface area contributed by atoms with Crippen molar-refractivity contribution in [3.63, 3.8) is 0 Å². The molecule has 0 spiro atoms. The first-order valence-corrected chi connectivity index (χ1v) is 12.7. The lowest BCUT2D eigenvalue weighted by Gasteiger charge is -2.30. The van der Waals surface area contributed by atoms with Gasteiger partial charge in [-0.15, -0.1) is 6.58 Å². The number of thiazole rings is 1. The third kappa shape index (κ3) is 4.64. The molecule has 1 aromatic heterocycles. The van der Waals surface area contributed by atoms with Crippen molar-refractivity contribution in [2.45, 2.75) is 24.3 Å². The number of carbonyl (C=O) groups is 1. The van der Waals surface area contributed by atoms with Crippen LogP contribution in [0, 0.1) is 11.7 Å². The highest BCUT2D eigenvalue weighted by Crippen LogP contribution is 2.26. The molecule has 10 heteroatoms. The number of hydrogen-bond acceptors (Lipinski definition) is 5. The summed E-state index contributed by atoms with van der Waals surface area (Å²) in [5.74, 6) is -0.811. The Morgan fingerprint density at radius 3 is 2.76 bits per heavy atom. The highest BCUT2D eigenvalue weighted by atomic mass is 32.2. The molecule has 0 aliphatic carbocycles. The van der Waals surface area contributed by atoms with Crippen molar-refractivity contribution in [3.05, 3.63) is 65.7 Å². The normalized spacial score (nSPS) is 17.9. The zero-order valence-electron chi connectivity index (χ0n) is 18.1. The maximum Gasteiger partial charge on any atom is 0.252 e. The lowest BCUT2D eigenvalue weighted by molar-refractivity contribution is -0.122. The summed E-state index contributed by atoms with van der Waals surface area (Å²) in [7, 11) is -2.24. The van der Waals surface area contributed by atoms with E-state index in [1.807, 2.05) is 0 Å². The largest absolute Gasteiger partial charge is 0.497 e. The highest BCUT2D eigenvalue weighted by molar-refractivity contribution is 7.89. The number of rotatable bonds is 6. The molecule has 3 aromatic rings. The Hall–Kier alpha value is -2.82. The lowest BCUT2D eigenvalue weighted by atomic mass is 9.99. The van der Waals surface area contributed by atoms with Gasteiger partial charge >= 0.3 is 0 Å². The summed E-state index contributed by atoms with van der Waals surface area (Å²) in [6.45, 7) is 4.40. The Balaban J connectivity index is 1.62. The number of sulfonamides is 1. The summed E-state index contributed by atoms with van der Waals surface area (Å²) in [5.41, 5.74) is 0.376. The fraction of sp³-hybridized carbons (Fsp3) is 0.304. The van der Waals surface area contributed by atoms with Gasteiger partial charge in [-0.3, -0.25) is 4.79 Å². The monoisotopic (exact) mass is 489 g/mol. The van der Waals surface area contributed by atoms with Gasteiger partial charge in [-0.2, -0.15) is 9.30 Å². The molecule has 1 amide bonds. The number of aromatic nitrogens is 1. The Morgan fingerprint density at radius 1 is 1.30 bits per heavy atom. The maximum absolute atomic E-state index is 14.4. The number of amides is 1. The number of ether oxygens (including phenoxy) is 1. The quantitative estimate of drug-likeness (QED) is 0.496. The van der Waals surface area contributed by atoms with E-state index in [9.17, 15) is 17.6 Å². The Morgan fingerprint density at radius 2 is 2.06 bits per heavy atom. The number of para-hydroxylation sites is 1. The van der Waals surface area contributed by atoms with Gasteiger partial charge in [0.1, 0.15) is 11.6 Å². The number of nitrogens with zero attached hydrogens (tertiary/aromatic N) is 3. The molecule has 1 saturated heterocycles. The molecule has 7 nitrogen and oxygen atoms in total. The van der Waals surface area contributed by atoms with Crippen LogP contribution in [0.1, 0.15) is 12.8 Å². The molecular weight excluding hydrogens is 465 g/mol. The number of halogens is 1. The molecule has 0 N–H and O–H groups in total. The topological polar surface area (TPSA) is 81.0 Å². The fourth-order valence-electron chi connectivity index (χ4n) is 3.92. The minimum atomic E-state index is -3.75. The van der Waals surface area contributed by atoms with E-state index in [1.54, 1.807) is 34.9 Å². The number of methoxy groups -OCH3 is 1. The van der Waals surface area contributed by atoms with Gasteiger partial charge < -0.3 is 9.30 Å². The molecule has 174 valence electrons. The summed E-state index contributed by atoms with van der Waals surface area (Å²) >= 11 is 1.22. The van der Waals surface area contributed by atoms with E-state index >= 15 is 0 Å². The molecule has 2 heterocycles. The first kappa shape index (κ1) is 23.3. The zero-order chi connectivity index (χ0) is 23.6. The summed E-state index contributed by atoms with van der Waals surface area (Å²) in [6, 6.07) is 10.9. The van der Waals surface area contributed by atoms with Gasteiger partial charge in [0.05, 0.1) is 28.1 Å². The zero-order valence-corrected chi connectivity index (χ0v) is 19.7. The number of fused-ring (bicyclic) bond motifs is 1. The van der Waals surface area contributed by atoms with Crippen molar-refractivity contribution in [2.75, 3.05) is 20.2 Å². The summed E-state index contributed by atoms with van der Waals surface area (Å²) in [6.07, 6.45) is 2.71. The van der Waals surface area contributed by atoms with Crippen molar-refractivity contribution < 1.29 is 22.3 Å². The predicted molar refractivity (Wildman–Crippen MR) is 125 cm³/mol. The minimum absolute atomic E-state index is 0.0530. The number of hydrogen-bond donors (Lipinski definition) is 0. The van der Waals surface area contributed by atoms with Crippen LogP contribution < -0.4 is 9.54 Å². The Bertz CT molecular complexity index is 1360. The molecule has 4 rings (SSSR count). The first-order chi connectivity index (χ1) is 15.8. The van der Waals surface area contributed by atoms with Crippen LogP contribution in [0.25, 0.3) is 10.2 Å². The van der Waals surface area contributed by atoms with Gasteiger partial charge in [0.25, 0.3) is 5.91 Å². The molecular formula is C23H24FN3O4S2. The minimum Gasteiger partial charge on any atom is -0.497 e. The van der Waals surface area contributed by atoms with Crippen molar-refractivity contribution in [2.24, 2.45) is 10.9 Å². The van der Waals surface area contributed by atoms with Crippen molar-refractivity contribution >= 4 is 37.5 Å². The van der Waals surface area contributed by atoms with Crippen molar-refractivity contribution in [1.29, 1.82) is 0 Å². The average Bonchev–Trinajstić information content (AvgIpc) is 3.17. The maximum atomic E-state index is 14.4. The molecule has 33 heavy (non-hydrogen) atoms. The van der Waals surface area contributed by atoms with Crippen LogP contribution in [0.15, 0.2) is 65.0 Å². The SMILES string of the molecule is C=CCn1c(=NC(=O)C2CCCN(S(=O)(=O)c3ccc(OC)cc3)C2)sc2cccc(F)c21. The van der Waals surface area contributed by atoms with Crippen LogP contribution in [0.4, 0.5) is 4.39 Å². The van der Waals surface area contributed by atoms with Crippen molar-refractivity contribution in [1.82, 2.24) is 8.87 Å². The number of carbonyl (C=O) groups excluding carboxylic acids is 1. The second kappa shape index (κ2) is 9.58. The number of piperidine rings is 1. The van der Waals surface area contributed by atoms with E-state index in [-0.39, 0.29) is 11.4 Å². The molecule has 1 aliphatic rings. The van der Waals surface area contributed by atoms with Gasteiger partial charge in [0.15, 0.2) is 4.80 Å². The summed E-state index contributed by atoms with van der Waals surface area (Å²) < 4.78 is 49.3. The molecule has 1 aliphatic heterocycles. The number of allylic oxidation sites excluding steroid dienone is 1. The van der Waals surface area contributed by atoms with Crippen LogP contribution in [-0.2, 0) is 21.4 Å². The smallest absolute Gasteiger partial charge is 0.252 e. The second-order valence-corrected chi connectivity index (χ2v) is 10.6. The molecule has 0 bridgehead atoms. The summed E-state index contributed by atoms with van der Waals surface area (Å²) in [5, 5.41) is 0. The van der Waals surface area contributed by atoms with Gasteiger partial charge in [0.2, 0.25) is 10.0 Å². The van der Waals surface area contributed by atoms with Gasteiger partial charge in [-0.25, -0.2) is 12.8 Å². The average molecular weight is 490 g/mol. The van der Waals surface area contributed by atoms with Crippen LogP contribution in [0.3, 0.4) is 0 Å². The fourth-order valence-corrected chi connectivity index (χ4v) is 6.50. The molecule has 1 unspecified atom stereocenters. The highest BCUT2D eigenvalue weighted by Gasteiger charge is 2.33. The van der Waals surface area contributed by atoms with Crippen LogP contribution in [-0.4, -0.2) is 43.4 Å². The van der Waals surface area contributed by atoms with Gasteiger partial charge in [0, 0.05) is 19.6 Å². The first-order valence-electron chi connectivity index (χ1n) is 10.5. The van der Waals surface area contributed by atoms with Gasteiger partial charge in [-0.05, 0) is 49.2 Å². The summed E-state index contributed by atoms with van der Waals surface area (Å²) in [4.78, 5) is 17.8. The third-order valence-electron chi connectivity index (χ3n) is 5.60. The Labute approximate surface area is 195 Å². The second-order valence-electron chi connectivity index (χ2n) is 7.70. The van der Waals surface area contributed by atoms with Gasteiger partial charge in [-0.1, -0.05) is 23.5 Å². The number of benzene rings is 2. The van der Waals surface area contributed by atoms with E-state index in [2.05, 4.69) is 11.6 Å². The standard InChI is InChI=1S/C23H24FN3O4S2/c1-3-13-27-21-19(24)7-4-8-20(21)32-23(27)25-22(28)16-6-5-14-26(15-16)33(29,30)18-11-9-17(31-2)10-12-18/h3-4,7-12,16H,1,5-6,13-15H2,2H3. The van der Waals surface area contributed by atoms with E-state index in [0.717, 1.165) is 0 Å². The molecule has 0 saturated carbocycles. The van der Waals surface area contributed by atoms with E-state index in [0.29, 0.717) is 46.7 Å². The van der Waals surface area contributed by atoms with E-state index in [4.69, 9.17) is 4.74 Å². The lowest BCUT2D eigenvalue weighted by Crippen LogP contribution is -2.42. The Kier molecular flexibility index (Phi) is 6.78. The molecule has 0 radical (unpaired) electrons. The van der Waals surface area contributed by atoms with E-state index < -0.39 is 27.7 Å². The van der Waals surface area contributed by atoms with Crippen molar-refractivity contribution in [3.8, 4) is 5.75 Å². The predicted octanol–water partition coefficient (Wildman–Crippen LogP) is 3.56. The van der Waals surface area contributed by atoms with Crippen LogP contribution in [0.2, 0.25) is 0 Å². The van der Waals surface area contributed by atoms with Crippen LogP contribution >= 0.6 is 11.3 Å². The molecule has 2 aromatic carbocycles. The third-order valence-corrected chi connectivity index (χ3v) is 8.52. The van der Waals surface area contributed by atoms with Crippen LogP contribution in [0.5, 0.6) is 5.75 Å². The van der Waals surface area contributed by atoms with E-state index in [1.165, 1.54) is 41.0 Å². The molecule has 1 atom stereocenters.